The van der Waals surface area contributed by atoms with Gasteiger partial charge in [-0.25, -0.2) is 4.98 Å². The highest BCUT2D eigenvalue weighted by atomic mass is 32.2. The number of methoxy groups -OCH3 is 2. The molecule has 1 amide bonds. The number of carbonyl (C=O) groups is 1. The maximum Gasteiger partial charge on any atom is 0.230 e. The van der Waals surface area contributed by atoms with Crippen LogP contribution in [0.4, 0.5) is 0 Å². The van der Waals surface area contributed by atoms with Gasteiger partial charge in [-0.1, -0.05) is 19.8 Å². The molecule has 7 heteroatoms. The molecule has 0 aliphatic heterocycles. The van der Waals surface area contributed by atoms with Gasteiger partial charge in [-0.05, 0) is 43.9 Å². The summed E-state index contributed by atoms with van der Waals surface area (Å²) in [6, 6.07) is 5.89. The van der Waals surface area contributed by atoms with Crippen molar-refractivity contribution in [2.45, 2.75) is 51.3 Å². The molecule has 1 N–H and O–H groups in total. The second kappa shape index (κ2) is 10.1. The molecule has 1 aromatic heterocycles. The van der Waals surface area contributed by atoms with E-state index in [0.717, 1.165) is 23.4 Å². The lowest BCUT2D eigenvalue weighted by Crippen LogP contribution is -2.41. The number of ether oxygens (including phenoxy) is 2. The highest BCUT2D eigenvalue weighted by Crippen LogP contribution is 2.33. The summed E-state index contributed by atoms with van der Waals surface area (Å²) in [7, 11) is 3.21. The second-order valence-electron chi connectivity index (χ2n) is 7.52. The molecular weight excluding hydrogens is 388 g/mol. The predicted molar refractivity (Wildman–Crippen MR) is 116 cm³/mol. The van der Waals surface area contributed by atoms with Crippen molar-refractivity contribution in [2.24, 2.45) is 5.92 Å². The van der Waals surface area contributed by atoms with Crippen LogP contribution >= 0.6 is 11.8 Å². The Kier molecular flexibility index (Phi) is 7.47. The van der Waals surface area contributed by atoms with E-state index in [2.05, 4.69) is 17.2 Å². The van der Waals surface area contributed by atoms with Crippen LogP contribution < -0.4 is 14.8 Å². The number of rotatable bonds is 8. The molecule has 0 saturated heterocycles. The first-order valence-corrected chi connectivity index (χ1v) is 11.2. The molecular formula is C22H30N2O4S. The molecule has 1 saturated carbocycles. The number of hydrogen-bond acceptors (Lipinski definition) is 6. The van der Waals surface area contributed by atoms with Gasteiger partial charge in [0.2, 0.25) is 11.8 Å². The summed E-state index contributed by atoms with van der Waals surface area (Å²) in [6.45, 7) is 4.13. The first kappa shape index (κ1) is 21.6. The molecule has 1 aromatic carbocycles. The van der Waals surface area contributed by atoms with Crippen molar-refractivity contribution in [1.29, 1.82) is 0 Å². The van der Waals surface area contributed by atoms with E-state index >= 15 is 0 Å². The van der Waals surface area contributed by atoms with Crippen molar-refractivity contribution < 1.29 is 18.7 Å². The summed E-state index contributed by atoms with van der Waals surface area (Å²) in [5.41, 5.74) is 1.68. The van der Waals surface area contributed by atoms with Crippen molar-refractivity contribution in [3.8, 4) is 23.0 Å². The van der Waals surface area contributed by atoms with Gasteiger partial charge in [0.1, 0.15) is 5.76 Å². The zero-order chi connectivity index (χ0) is 20.8. The van der Waals surface area contributed by atoms with E-state index in [1.54, 1.807) is 26.0 Å². The molecule has 1 aliphatic rings. The molecule has 2 atom stereocenters. The third-order valence-electron chi connectivity index (χ3n) is 5.45. The maximum atomic E-state index is 12.3. The highest BCUT2D eigenvalue weighted by molar-refractivity contribution is 7.99. The molecule has 6 nitrogen and oxygen atoms in total. The highest BCUT2D eigenvalue weighted by Gasteiger charge is 2.22. The van der Waals surface area contributed by atoms with Crippen LogP contribution in [-0.2, 0) is 10.5 Å². The molecule has 0 spiro atoms. The van der Waals surface area contributed by atoms with Gasteiger partial charge >= 0.3 is 0 Å². The largest absolute Gasteiger partial charge is 0.493 e. The lowest BCUT2D eigenvalue weighted by molar-refractivity contribution is -0.119. The molecule has 1 aliphatic carbocycles. The fourth-order valence-electron chi connectivity index (χ4n) is 3.67. The SMILES string of the molecule is COc1ccc(-c2nc(CSCC(=O)NC3CCCCC3C)c(C)o2)cc1OC. The number of oxazole rings is 1. The van der Waals surface area contributed by atoms with E-state index in [1.807, 2.05) is 25.1 Å². The first-order chi connectivity index (χ1) is 14.0. The molecule has 0 bridgehead atoms. The van der Waals surface area contributed by atoms with Gasteiger partial charge in [-0.3, -0.25) is 4.79 Å². The zero-order valence-electron chi connectivity index (χ0n) is 17.6. The van der Waals surface area contributed by atoms with Crippen LogP contribution in [-0.4, -0.2) is 36.9 Å². The van der Waals surface area contributed by atoms with Crippen LogP contribution in [0, 0.1) is 12.8 Å². The summed E-state index contributed by atoms with van der Waals surface area (Å²) >= 11 is 1.56. The number of thioether (sulfide) groups is 1. The van der Waals surface area contributed by atoms with E-state index in [9.17, 15) is 4.79 Å². The molecule has 158 valence electrons. The van der Waals surface area contributed by atoms with E-state index in [0.29, 0.717) is 40.9 Å². The number of carbonyl (C=O) groups excluding carboxylic acids is 1. The monoisotopic (exact) mass is 418 g/mol. The fourth-order valence-corrected chi connectivity index (χ4v) is 4.51. The molecule has 2 unspecified atom stereocenters. The van der Waals surface area contributed by atoms with E-state index in [-0.39, 0.29) is 5.91 Å². The van der Waals surface area contributed by atoms with Crippen LogP contribution in [0.25, 0.3) is 11.5 Å². The second-order valence-corrected chi connectivity index (χ2v) is 8.51. The Morgan fingerprint density at radius 1 is 1.24 bits per heavy atom. The average molecular weight is 419 g/mol. The number of aromatic nitrogens is 1. The van der Waals surface area contributed by atoms with E-state index < -0.39 is 0 Å². The average Bonchev–Trinajstić information content (AvgIpc) is 3.09. The van der Waals surface area contributed by atoms with Crippen LogP contribution in [0.3, 0.4) is 0 Å². The third kappa shape index (κ3) is 5.47. The van der Waals surface area contributed by atoms with Crippen molar-refractivity contribution in [3.63, 3.8) is 0 Å². The normalized spacial score (nSPS) is 19.0. The topological polar surface area (TPSA) is 73.6 Å². The molecule has 2 aromatic rings. The van der Waals surface area contributed by atoms with Gasteiger partial charge in [-0.15, -0.1) is 11.8 Å². The summed E-state index contributed by atoms with van der Waals surface area (Å²) in [4.78, 5) is 16.9. The van der Waals surface area contributed by atoms with Crippen molar-refractivity contribution in [1.82, 2.24) is 10.3 Å². The molecule has 1 fully saturated rings. The van der Waals surface area contributed by atoms with E-state index in [1.165, 1.54) is 19.3 Å². The van der Waals surface area contributed by atoms with Crippen LogP contribution in [0.1, 0.15) is 44.1 Å². The van der Waals surface area contributed by atoms with Gasteiger partial charge in [0.15, 0.2) is 11.5 Å². The van der Waals surface area contributed by atoms with Gasteiger partial charge in [0.05, 0.1) is 25.7 Å². The first-order valence-electron chi connectivity index (χ1n) is 10.1. The lowest BCUT2D eigenvalue weighted by atomic mass is 9.86. The Hall–Kier alpha value is -2.15. The van der Waals surface area contributed by atoms with Crippen LogP contribution in [0.2, 0.25) is 0 Å². The number of benzene rings is 1. The Bertz CT molecular complexity index is 836. The van der Waals surface area contributed by atoms with Gasteiger partial charge in [0, 0.05) is 17.4 Å². The van der Waals surface area contributed by atoms with Crippen LogP contribution in [0.15, 0.2) is 22.6 Å². The van der Waals surface area contributed by atoms with Gasteiger partial charge < -0.3 is 19.2 Å². The fraction of sp³-hybridized carbons (Fsp3) is 0.545. The number of hydrogen-bond donors (Lipinski definition) is 1. The summed E-state index contributed by atoms with van der Waals surface area (Å²) < 4.78 is 16.5. The molecule has 3 rings (SSSR count). The zero-order valence-corrected chi connectivity index (χ0v) is 18.4. The van der Waals surface area contributed by atoms with Crippen LogP contribution in [0.5, 0.6) is 11.5 Å². The molecule has 0 radical (unpaired) electrons. The number of amides is 1. The summed E-state index contributed by atoms with van der Waals surface area (Å²) in [5, 5.41) is 3.19. The van der Waals surface area contributed by atoms with E-state index in [4.69, 9.17) is 13.9 Å². The maximum absolute atomic E-state index is 12.3. The summed E-state index contributed by atoms with van der Waals surface area (Å²) in [5.74, 6) is 4.34. The Morgan fingerprint density at radius 3 is 2.72 bits per heavy atom. The number of nitrogens with one attached hydrogen (secondary N) is 1. The van der Waals surface area contributed by atoms with Gasteiger partial charge in [0.25, 0.3) is 0 Å². The van der Waals surface area contributed by atoms with Crippen molar-refractivity contribution in [3.05, 3.63) is 29.7 Å². The Morgan fingerprint density at radius 2 is 2.00 bits per heavy atom. The minimum atomic E-state index is 0.106. The van der Waals surface area contributed by atoms with Crippen molar-refractivity contribution in [2.75, 3.05) is 20.0 Å². The third-order valence-corrected chi connectivity index (χ3v) is 6.40. The molecule has 1 heterocycles. The molecule has 29 heavy (non-hydrogen) atoms. The smallest absolute Gasteiger partial charge is 0.230 e. The Balaban J connectivity index is 1.56. The minimum absolute atomic E-state index is 0.106. The predicted octanol–water partition coefficient (Wildman–Crippen LogP) is 4.60. The Labute approximate surface area is 176 Å². The minimum Gasteiger partial charge on any atom is -0.493 e. The van der Waals surface area contributed by atoms with Crippen molar-refractivity contribution >= 4 is 17.7 Å². The van der Waals surface area contributed by atoms with Gasteiger partial charge in [-0.2, -0.15) is 0 Å². The number of nitrogens with zero attached hydrogens (tertiary/aromatic N) is 1. The lowest BCUT2D eigenvalue weighted by Gasteiger charge is -2.29. The summed E-state index contributed by atoms with van der Waals surface area (Å²) in [6.07, 6.45) is 4.78. The quantitative estimate of drug-likeness (QED) is 0.676. The standard InChI is InChI=1S/C22H30N2O4S/c1-14-7-5-6-8-17(14)23-21(25)13-29-12-18-15(2)28-22(24-18)16-9-10-19(26-3)20(11-16)27-4/h9-11,14,17H,5-8,12-13H2,1-4H3,(H,23,25). The number of aryl methyl sites for hydroxylation is 1.